The van der Waals surface area contributed by atoms with Gasteiger partial charge in [0.1, 0.15) is 0 Å². The van der Waals surface area contributed by atoms with Gasteiger partial charge in [-0.05, 0) is 25.7 Å². The minimum Gasteiger partial charge on any atom is -0.466 e. The summed E-state index contributed by atoms with van der Waals surface area (Å²) in [4.78, 5) is 11.1. The summed E-state index contributed by atoms with van der Waals surface area (Å²) in [6.07, 6.45) is 7.51. The molecule has 0 fully saturated rings. The number of aliphatic hydroxyl groups excluding tert-OH is 2. The zero-order valence-electron chi connectivity index (χ0n) is 15.0. The van der Waals surface area contributed by atoms with E-state index < -0.39 is 18.2 Å². The molecule has 0 aromatic heterocycles. The summed E-state index contributed by atoms with van der Waals surface area (Å²) in [6.45, 7) is 4.09. The van der Waals surface area contributed by atoms with Crippen molar-refractivity contribution in [2.75, 3.05) is 14.2 Å². The molecule has 4 atom stereocenters. The molecule has 0 rings (SSSR count). The van der Waals surface area contributed by atoms with Gasteiger partial charge in [-0.15, -0.1) is 0 Å². The lowest BCUT2D eigenvalue weighted by Gasteiger charge is -2.24. The van der Waals surface area contributed by atoms with E-state index in [1.807, 2.05) is 6.92 Å². The van der Waals surface area contributed by atoms with Gasteiger partial charge in [-0.2, -0.15) is 0 Å². The molecule has 0 aliphatic rings. The molecule has 0 aromatic carbocycles. The molecule has 2 N–H and O–H groups in total. The van der Waals surface area contributed by atoms with Crippen LogP contribution in [0.5, 0.6) is 0 Å². The number of rotatable bonds is 13. The number of ether oxygens (including phenoxy) is 2. The maximum atomic E-state index is 11.1. The molecule has 5 heteroatoms. The average molecular weight is 330 g/mol. The van der Waals surface area contributed by atoms with Crippen LogP contribution in [0.3, 0.4) is 0 Å². The van der Waals surface area contributed by atoms with Crippen LogP contribution in [-0.4, -0.2) is 48.7 Å². The fraction of sp³-hybridized carbons (Fsp3) is 0.833. The number of carbonyl (C=O) groups is 1. The summed E-state index contributed by atoms with van der Waals surface area (Å²) >= 11 is 0. The first-order valence-electron chi connectivity index (χ1n) is 8.63. The maximum Gasteiger partial charge on any atom is 0.330 e. The summed E-state index contributed by atoms with van der Waals surface area (Å²) in [5.74, 6) is -0.614. The first-order valence-corrected chi connectivity index (χ1v) is 8.63. The zero-order valence-corrected chi connectivity index (χ0v) is 15.0. The van der Waals surface area contributed by atoms with E-state index in [-0.39, 0.29) is 18.4 Å². The second kappa shape index (κ2) is 13.5. The largest absolute Gasteiger partial charge is 0.466 e. The summed E-state index contributed by atoms with van der Waals surface area (Å²) in [5.41, 5.74) is 0. The van der Waals surface area contributed by atoms with Gasteiger partial charge >= 0.3 is 5.97 Å². The molecule has 0 bridgehead atoms. The molecule has 0 radical (unpaired) electrons. The van der Waals surface area contributed by atoms with Gasteiger partial charge in [0.2, 0.25) is 0 Å². The van der Waals surface area contributed by atoms with E-state index in [4.69, 9.17) is 4.74 Å². The average Bonchev–Trinajstić information content (AvgIpc) is 2.54. The van der Waals surface area contributed by atoms with Crippen molar-refractivity contribution in [3.05, 3.63) is 12.2 Å². The van der Waals surface area contributed by atoms with Crippen molar-refractivity contribution in [1.29, 1.82) is 0 Å². The third-order valence-corrected chi connectivity index (χ3v) is 4.16. The second-order valence-corrected chi connectivity index (χ2v) is 6.00. The van der Waals surface area contributed by atoms with Crippen molar-refractivity contribution in [2.24, 2.45) is 5.92 Å². The van der Waals surface area contributed by atoms with Gasteiger partial charge in [-0.1, -0.05) is 39.2 Å². The Morgan fingerprint density at radius 2 is 1.83 bits per heavy atom. The Labute approximate surface area is 140 Å². The highest BCUT2D eigenvalue weighted by Gasteiger charge is 2.21. The van der Waals surface area contributed by atoms with E-state index in [1.165, 1.54) is 13.2 Å². The van der Waals surface area contributed by atoms with Crippen LogP contribution in [0.15, 0.2) is 12.2 Å². The summed E-state index contributed by atoms with van der Waals surface area (Å²) in [6, 6.07) is 0. The van der Waals surface area contributed by atoms with Crippen molar-refractivity contribution >= 4 is 5.97 Å². The molecule has 0 spiro atoms. The Morgan fingerprint density at radius 3 is 2.35 bits per heavy atom. The predicted molar refractivity (Wildman–Crippen MR) is 91.1 cm³/mol. The summed E-state index contributed by atoms with van der Waals surface area (Å²) in [7, 11) is 2.98. The van der Waals surface area contributed by atoms with Crippen molar-refractivity contribution in [1.82, 2.24) is 0 Å². The van der Waals surface area contributed by atoms with Crippen molar-refractivity contribution in [3.8, 4) is 0 Å². The molecule has 0 heterocycles. The lowest BCUT2D eigenvalue weighted by Crippen LogP contribution is -2.28. The van der Waals surface area contributed by atoms with Crippen molar-refractivity contribution < 1.29 is 24.5 Å². The fourth-order valence-corrected chi connectivity index (χ4v) is 2.61. The SMILES string of the molecule is CCCCC[C@H](C[C@H](O)C[C@@H](O)[C@@H](/C=C\C(=O)OC)CC)OC. The maximum absolute atomic E-state index is 11.1. The number of hydrogen-bond donors (Lipinski definition) is 2. The standard InChI is InChI=1S/C18H34O5/c1-5-7-8-9-16(22-3)12-15(19)13-17(20)14(6-2)10-11-18(21)23-4/h10-11,14-17,19-20H,5-9,12-13H2,1-4H3/b11-10-/t14-,15+,16-,17-/m1/s1. The first kappa shape index (κ1) is 22.1. The van der Waals surface area contributed by atoms with Gasteiger partial charge in [-0.25, -0.2) is 4.79 Å². The Morgan fingerprint density at radius 1 is 1.13 bits per heavy atom. The van der Waals surface area contributed by atoms with E-state index in [2.05, 4.69) is 11.7 Å². The van der Waals surface area contributed by atoms with E-state index >= 15 is 0 Å². The molecule has 0 amide bonds. The molecule has 0 aliphatic heterocycles. The number of esters is 1. The van der Waals surface area contributed by atoms with Crippen molar-refractivity contribution in [2.45, 2.75) is 77.1 Å². The van der Waals surface area contributed by atoms with Gasteiger partial charge < -0.3 is 19.7 Å². The summed E-state index contributed by atoms with van der Waals surface area (Å²) in [5, 5.41) is 20.5. The van der Waals surface area contributed by atoms with Crippen LogP contribution in [-0.2, 0) is 14.3 Å². The zero-order chi connectivity index (χ0) is 17.7. The van der Waals surface area contributed by atoms with Gasteiger partial charge in [0.15, 0.2) is 0 Å². The molecule has 0 saturated carbocycles. The fourth-order valence-electron chi connectivity index (χ4n) is 2.61. The Kier molecular flexibility index (Phi) is 13.0. The van der Waals surface area contributed by atoms with Crippen LogP contribution in [0, 0.1) is 5.92 Å². The Bertz CT molecular complexity index is 329. The first-order chi connectivity index (χ1) is 11.0. The quantitative estimate of drug-likeness (QED) is 0.308. The molecule has 23 heavy (non-hydrogen) atoms. The van der Waals surface area contributed by atoms with Crippen LogP contribution < -0.4 is 0 Å². The highest BCUT2D eigenvalue weighted by molar-refractivity contribution is 5.81. The van der Waals surface area contributed by atoms with E-state index in [9.17, 15) is 15.0 Å². The Balaban J connectivity index is 4.34. The minimum absolute atomic E-state index is 0.0226. The minimum atomic E-state index is -0.691. The predicted octanol–water partition coefficient (Wildman–Crippen LogP) is 2.84. The highest BCUT2D eigenvalue weighted by atomic mass is 16.5. The monoisotopic (exact) mass is 330 g/mol. The molecular weight excluding hydrogens is 296 g/mol. The second-order valence-electron chi connectivity index (χ2n) is 6.00. The lowest BCUT2D eigenvalue weighted by molar-refractivity contribution is -0.134. The highest BCUT2D eigenvalue weighted by Crippen LogP contribution is 2.19. The topological polar surface area (TPSA) is 76.0 Å². The molecule has 0 aromatic rings. The number of aliphatic hydroxyl groups is 2. The third kappa shape index (κ3) is 10.5. The van der Waals surface area contributed by atoms with Gasteiger partial charge in [0, 0.05) is 19.1 Å². The van der Waals surface area contributed by atoms with E-state index in [1.54, 1.807) is 13.2 Å². The lowest BCUT2D eigenvalue weighted by atomic mass is 9.92. The molecule has 5 nitrogen and oxygen atoms in total. The van der Waals surface area contributed by atoms with Crippen LogP contribution in [0.2, 0.25) is 0 Å². The molecule has 0 saturated heterocycles. The van der Waals surface area contributed by atoms with E-state index in [0.29, 0.717) is 12.8 Å². The summed E-state index contributed by atoms with van der Waals surface area (Å²) < 4.78 is 9.96. The molecule has 0 unspecified atom stereocenters. The van der Waals surface area contributed by atoms with Gasteiger partial charge in [0.05, 0.1) is 25.4 Å². The number of carbonyl (C=O) groups excluding carboxylic acids is 1. The number of methoxy groups -OCH3 is 2. The van der Waals surface area contributed by atoms with Crippen LogP contribution in [0.4, 0.5) is 0 Å². The molecule has 136 valence electrons. The van der Waals surface area contributed by atoms with Crippen LogP contribution in [0.25, 0.3) is 0 Å². The number of unbranched alkanes of at least 4 members (excludes halogenated alkanes) is 2. The molecule has 0 aliphatic carbocycles. The van der Waals surface area contributed by atoms with E-state index in [0.717, 1.165) is 25.7 Å². The Hall–Kier alpha value is -0.910. The molecular formula is C18H34O5. The van der Waals surface area contributed by atoms with Crippen LogP contribution >= 0.6 is 0 Å². The van der Waals surface area contributed by atoms with Crippen LogP contribution in [0.1, 0.15) is 58.8 Å². The normalized spacial score (nSPS) is 17.0. The third-order valence-electron chi connectivity index (χ3n) is 4.16. The van der Waals surface area contributed by atoms with Gasteiger partial charge in [-0.3, -0.25) is 0 Å². The van der Waals surface area contributed by atoms with Crippen molar-refractivity contribution in [3.63, 3.8) is 0 Å². The number of hydrogen-bond acceptors (Lipinski definition) is 5. The van der Waals surface area contributed by atoms with Gasteiger partial charge in [0.25, 0.3) is 0 Å². The smallest absolute Gasteiger partial charge is 0.330 e.